The zero-order valence-corrected chi connectivity index (χ0v) is 15.1. The number of rotatable bonds is 6. The van der Waals surface area contributed by atoms with E-state index < -0.39 is 5.60 Å². The smallest absolute Gasteiger partial charge is 0.226 e. The quantitative estimate of drug-likeness (QED) is 0.836. The Kier molecular flexibility index (Phi) is 5.37. The Morgan fingerprint density at radius 3 is 2.77 bits per heavy atom. The number of methoxy groups -OCH3 is 1. The van der Waals surface area contributed by atoms with Crippen LogP contribution in [0.1, 0.15) is 12.0 Å². The summed E-state index contributed by atoms with van der Waals surface area (Å²) in [6.07, 6.45) is 4.17. The molecule has 1 unspecified atom stereocenters. The van der Waals surface area contributed by atoms with Crippen molar-refractivity contribution in [3.05, 3.63) is 48.3 Å². The van der Waals surface area contributed by atoms with E-state index in [0.29, 0.717) is 31.2 Å². The molecule has 1 amide bonds. The third kappa shape index (κ3) is 4.11. The summed E-state index contributed by atoms with van der Waals surface area (Å²) in [5.41, 5.74) is -0.130. The molecule has 7 heteroatoms. The first-order chi connectivity index (χ1) is 12.5. The zero-order chi connectivity index (χ0) is 18.6. The van der Waals surface area contributed by atoms with Crippen LogP contribution in [0.4, 0.5) is 5.95 Å². The van der Waals surface area contributed by atoms with Crippen LogP contribution in [0.3, 0.4) is 0 Å². The number of amides is 1. The lowest BCUT2D eigenvalue weighted by molar-refractivity contribution is -0.132. The molecule has 1 aliphatic heterocycles. The number of ether oxygens (including phenoxy) is 1. The molecule has 0 spiro atoms. The van der Waals surface area contributed by atoms with Crippen LogP contribution in [0, 0.1) is 0 Å². The van der Waals surface area contributed by atoms with Gasteiger partial charge in [0.25, 0.3) is 0 Å². The molecule has 7 nitrogen and oxygen atoms in total. The largest absolute Gasteiger partial charge is 0.496 e. The Morgan fingerprint density at radius 1 is 1.31 bits per heavy atom. The molecule has 3 rings (SSSR count). The van der Waals surface area contributed by atoms with Crippen molar-refractivity contribution in [3.63, 3.8) is 0 Å². The van der Waals surface area contributed by atoms with Gasteiger partial charge in [-0.25, -0.2) is 9.97 Å². The molecular weight excluding hydrogens is 332 g/mol. The lowest BCUT2D eigenvalue weighted by Crippen LogP contribution is -2.46. The molecule has 2 aromatic rings. The molecule has 1 atom stereocenters. The number of para-hydroxylation sites is 1. The van der Waals surface area contributed by atoms with Gasteiger partial charge in [0.2, 0.25) is 11.9 Å². The molecule has 2 heterocycles. The van der Waals surface area contributed by atoms with Crippen LogP contribution in [0.2, 0.25) is 0 Å². The lowest BCUT2D eigenvalue weighted by Gasteiger charge is -2.29. The van der Waals surface area contributed by atoms with Crippen LogP contribution >= 0.6 is 0 Å². The fraction of sp³-hybridized carbons (Fsp3) is 0.421. The predicted molar refractivity (Wildman–Crippen MR) is 98.1 cm³/mol. The summed E-state index contributed by atoms with van der Waals surface area (Å²) in [6, 6.07) is 9.23. The summed E-state index contributed by atoms with van der Waals surface area (Å²) in [7, 11) is 3.31. The number of carbonyl (C=O) groups is 1. The van der Waals surface area contributed by atoms with Crippen LogP contribution in [-0.4, -0.2) is 65.3 Å². The molecule has 0 saturated carbocycles. The van der Waals surface area contributed by atoms with Crippen molar-refractivity contribution in [2.75, 3.05) is 38.7 Å². The van der Waals surface area contributed by atoms with E-state index in [1.54, 1.807) is 37.5 Å². The van der Waals surface area contributed by atoms with E-state index in [2.05, 4.69) is 9.97 Å². The van der Waals surface area contributed by atoms with Gasteiger partial charge in [-0.15, -0.1) is 0 Å². The number of carbonyl (C=O) groups excluding carboxylic acids is 1. The number of aliphatic hydroxyl groups is 1. The number of likely N-dealkylation sites (N-methyl/N-ethyl adjacent to an activating group) is 1. The normalized spacial score (nSPS) is 19.4. The monoisotopic (exact) mass is 356 g/mol. The van der Waals surface area contributed by atoms with E-state index in [-0.39, 0.29) is 18.9 Å². The first-order valence-corrected chi connectivity index (χ1v) is 8.61. The van der Waals surface area contributed by atoms with E-state index in [9.17, 15) is 9.90 Å². The molecule has 138 valence electrons. The number of β-amino-alcohol motifs (C(OH)–C–C–N with tert-alkyl or cyclic N) is 1. The van der Waals surface area contributed by atoms with Crippen molar-refractivity contribution in [2.45, 2.75) is 18.4 Å². The highest BCUT2D eigenvalue weighted by molar-refractivity contribution is 5.79. The Balaban J connectivity index is 1.60. The van der Waals surface area contributed by atoms with E-state index >= 15 is 0 Å². The zero-order valence-electron chi connectivity index (χ0n) is 15.1. The predicted octanol–water partition coefficient (Wildman–Crippen LogP) is 1.13. The van der Waals surface area contributed by atoms with Crippen molar-refractivity contribution >= 4 is 11.9 Å². The van der Waals surface area contributed by atoms with Crippen LogP contribution < -0.4 is 9.64 Å². The summed E-state index contributed by atoms with van der Waals surface area (Å²) in [4.78, 5) is 24.6. The highest BCUT2D eigenvalue weighted by Crippen LogP contribution is 2.25. The Labute approximate surface area is 153 Å². The van der Waals surface area contributed by atoms with Gasteiger partial charge in [-0.3, -0.25) is 4.79 Å². The van der Waals surface area contributed by atoms with Crippen molar-refractivity contribution in [1.29, 1.82) is 0 Å². The topological polar surface area (TPSA) is 78.8 Å². The first-order valence-electron chi connectivity index (χ1n) is 8.61. The van der Waals surface area contributed by atoms with Crippen LogP contribution in [0.15, 0.2) is 42.7 Å². The molecule has 1 fully saturated rings. The Morgan fingerprint density at radius 2 is 2.04 bits per heavy atom. The molecule has 0 radical (unpaired) electrons. The molecule has 1 aromatic carbocycles. The van der Waals surface area contributed by atoms with Gasteiger partial charge in [0.15, 0.2) is 0 Å². The summed E-state index contributed by atoms with van der Waals surface area (Å²) >= 11 is 0. The van der Waals surface area contributed by atoms with Crippen LogP contribution in [0.5, 0.6) is 5.75 Å². The van der Waals surface area contributed by atoms with E-state index in [0.717, 1.165) is 5.56 Å². The van der Waals surface area contributed by atoms with Crippen LogP contribution in [-0.2, 0) is 11.2 Å². The second-order valence-electron chi connectivity index (χ2n) is 6.68. The van der Waals surface area contributed by atoms with Gasteiger partial charge >= 0.3 is 0 Å². The molecule has 26 heavy (non-hydrogen) atoms. The highest BCUT2D eigenvalue weighted by Gasteiger charge is 2.38. The summed E-state index contributed by atoms with van der Waals surface area (Å²) in [5, 5.41) is 10.9. The SMILES string of the molecule is COc1ccccc1CC(=O)N(C)CC1(O)CCN(c2ncccn2)C1. The summed E-state index contributed by atoms with van der Waals surface area (Å²) in [5.74, 6) is 1.24. The number of aromatic nitrogens is 2. The minimum atomic E-state index is -0.968. The first kappa shape index (κ1) is 18.1. The van der Waals surface area contributed by atoms with Gasteiger partial charge in [0.1, 0.15) is 11.4 Å². The highest BCUT2D eigenvalue weighted by atomic mass is 16.5. The maximum Gasteiger partial charge on any atom is 0.226 e. The number of hydrogen-bond donors (Lipinski definition) is 1. The second-order valence-corrected chi connectivity index (χ2v) is 6.68. The Hall–Kier alpha value is -2.67. The molecule has 1 N–H and O–H groups in total. The Bertz CT molecular complexity index is 755. The fourth-order valence-electron chi connectivity index (χ4n) is 3.29. The second kappa shape index (κ2) is 7.70. The van der Waals surface area contributed by atoms with Crippen molar-refractivity contribution in [3.8, 4) is 5.75 Å². The number of hydrogen-bond acceptors (Lipinski definition) is 6. The van der Waals surface area contributed by atoms with Gasteiger partial charge in [0, 0.05) is 31.5 Å². The average molecular weight is 356 g/mol. The maximum atomic E-state index is 12.6. The minimum absolute atomic E-state index is 0.0580. The van der Waals surface area contributed by atoms with Crippen molar-refractivity contribution in [2.24, 2.45) is 0 Å². The maximum absolute atomic E-state index is 12.6. The molecule has 0 aliphatic carbocycles. The van der Waals surface area contributed by atoms with Gasteiger partial charge in [0.05, 0.1) is 26.6 Å². The number of nitrogens with zero attached hydrogens (tertiary/aromatic N) is 4. The summed E-state index contributed by atoms with van der Waals surface area (Å²) in [6.45, 7) is 1.34. The standard InChI is InChI=1S/C19H24N4O3/c1-22(17(24)12-15-6-3-4-7-16(15)26-2)13-19(25)8-11-23(14-19)18-20-9-5-10-21-18/h3-7,9-10,25H,8,11-14H2,1-2H3. The lowest BCUT2D eigenvalue weighted by atomic mass is 10.0. The van der Waals surface area contributed by atoms with Gasteiger partial charge in [-0.2, -0.15) is 0 Å². The molecule has 0 bridgehead atoms. The molecule has 1 aromatic heterocycles. The van der Waals surface area contributed by atoms with Crippen molar-refractivity contribution < 1.29 is 14.6 Å². The van der Waals surface area contributed by atoms with Gasteiger partial charge in [-0.1, -0.05) is 18.2 Å². The minimum Gasteiger partial charge on any atom is -0.496 e. The van der Waals surface area contributed by atoms with Gasteiger partial charge < -0.3 is 19.6 Å². The van der Waals surface area contributed by atoms with E-state index in [4.69, 9.17) is 4.74 Å². The third-order valence-corrected chi connectivity index (χ3v) is 4.66. The fourth-order valence-corrected chi connectivity index (χ4v) is 3.29. The van der Waals surface area contributed by atoms with E-state index in [1.807, 2.05) is 29.2 Å². The number of benzene rings is 1. The van der Waals surface area contributed by atoms with Crippen LogP contribution in [0.25, 0.3) is 0 Å². The van der Waals surface area contributed by atoms with Crippen molar-refractivity contribution in [1.82, 2.24) is 14.9 Å². The average Bonchev–Trinajstić information content (AvgIpc) is 3.04. The third-order valence-electron chi connectivity index (χ3n) is 4.66. The van der Waals surface area contributed by atoms with Gasteiger partial charge in [-0.05, 0) is 18.6 Å². The molecular formula is C19H24N4O3. The summed E-state index contributed by atoms with van der Waals surface area (Å²) < 4.78 is 5.30. The molecule has 1 saturated heterocycles. The van der Waals surface area contributed by atoms with E-state index in [1.165, 1.54) is 0 Å². The molecule has 1 aliphatic rings. The number of anilines is 1.